The van der Waals surface area contributed by atoms with Crippen LogP contribution in [0.1, 0.15) is 20.3 Å². The number of hydrogen-bond donors (Lipinski definition) is 2. The van der Waals surface area contributed by atoms with E-state index in [2.05, 4.69) is 10.6 Å². The molecule has 102 valence electrons. The Morgan fingerprint density at radius 3 is 2.58 bits per heavy atom. The number of para-hydroxylation sites is 1. The van der Waals surface area contributed by atoms with Crippen molar-refractivity contribution in [1.29, 1.82) is 0 Å². The van der Waals surface area contributed by atoms with Gasteiger partial charge in [0.2, 0.25) is 5.91 Å². The lowest BCUT2D eigenvalue weighted by molar-refractivity contribution is -0.129. The number of hydrogen-bond acceptors (Lipinski definition) is 2. The first-order valence-electron chi connectivity index (χ1n) is 6.48. The molecule has 0 aromatic heterocycles. The average Bonchev–Trinajstić information content (AvgIpc) is 2.71. The third-order valence-corrected chi connectivity index (χ3v) is 3.15. The zero-order valence-electron chi connectivity index (χ0n) is 11.2. The maximum absolute atomic E-state index is 11.8. The standard InChI is InChI=1S/C14H19N3O2/c1-10(2)17-9-12(8-13(17)18)16-14(19)15-11-6-4-3-5-7-11/h3-7,10,12H,8-9H2,1-2H3,(H2,15,16,19). The van der Waals surface area contributed by atoms with Crippen molar-refractivity contribution in [1.82, 2.24) is 10.2 Å². The molecule has 1 aromatic rings. The van der Waals surface area contributed by atoms with Crippen LogP contribution in [0.25, 0.3) is 0 Å². The zero-order chi connectivity index (χ0) is 13.8. The van der Waals surface area contributed by atoms with Crippen LogP contribution in [0.4, 0.5) is 10.5 Å². The van der Waals surface area contributed by atoms with E-state index in [0.717, 1.165) is 5.69 Å². The average molecular weight is 261 g/mol. The minimum absolute atomic E-state index is 0.0972. The van der Waals surface area contributed by atoms with Gasteiger partial charge in [-0.05, 0) is 26.0 Å². The number of amides is 3. The molecule has 0 radical (unpaired) electrons. The number of nitrogens with zero attached hydrogens (tertiary/aromatic N) is 1. The second-order valence-electron chi connectivity index (χ2n) is 5.01. The Kier molecular flexibility index (Phi) is 4.04. The van der Waals surface area contributed by atoms with Gasteiger partial charge in [-0.15, -0.1) is 0 Å². The molecule has 0 saturated carbocycles. The number of anilines is 1. The van der Waals surface area contributed by atoms with E-state index in [9.17, 15) is 9.59 Å². The highest BCUT2D eigenvalue weighted by Gasteiger charge is 2.31. The second kappa shape index (κ2) is 5.73. The van der Waals surface area contributed by atoms with Crippen molar-refractivity contribution in [3.63, 3.8) is 0 Å². The maximum atomic E-state index is 11.8. The predicted octanol–water partition coefficient (Wildman–Crippen LogP) is 1.82. The molecule has 5 heteroatoms. The fourth-order valence-corrected chi connectivity index (χ4v) is 2.20. The number of carbonyl (C=O) groups excluding carboxylic acids is 2. The van der Waals surface area contributed by atoms with Gasteiger partial charge in [0.05, 0.1) is 6.04 Å². The van der Waals surface area contributed by atoms with E-state index in [0.29, 0.717) is 13.0 Å². The van der Waals surface area contributed by atoms with E-state index in [1.807, 2.05) is 44.2 Å². The largest absolute Gasteiger partial charge is 0.338 e. The molecule has 0 spiro atoms. The summed E-state index contributed by atoms with van der Waals surface area (Å²) in [4.78, 5) is 25.3. The second-order valence-corrected chi connectivity index (χ2v) is 5.01. The van der Waals surface area contributed by atoms with Crippen molar-refractivity contribution in [2.45, 2.75) is 32.4 Å². The first-order valence-corrected chi connectivity index (χ1v) is 6.48. The lowest BCUT2D eigenvalue weighted by Gasteiger charge is -2.21. The Labute approximate surface area is 113 Å². The van der Waals surface area contributed by atoms with E-state index in [1.165, 1.54) is 0 Å². The number of urea groups is 1. The van der Waals surface area contributed by atoms with Crippen molar-refractivity contribution in [2.75, 3.05) is 11.9 Å². The molecule has 0 aliphatic carbocycles. The van der Waals surface area contributed by atoms with E-state index >= 15 is 0 Å². The van der Waals surface area contributed by atoms with Crippen LogP contribution in [-0.2, 0) is 4.79 Å². The van der Waals surface area contributed by atoms with Gasteiger partial charge in [0, 0.05) is 24.7 Å². The highest BCUT2D eigenvalue weighted by Crippen LogP contribution is 2.14. The van der Waals surface area contributed by atoms with Gasteiger partial charge in [-0.25, -0.2) is 4.79 Å². The molecule has 1 unspecified atom stereocenters. The first-order chi connectivity index (χ1) is 9.06. The van der Waals surface area contributed by atoms with Crippen LogP contribution in [0.3, 0.4) is 0 Å². The van der Waals surface area contributed by atoms with Crippen molar-refractivity contribution >= 4 is 17.6 Å². The number of carbonyl (C=O) groups is 2. The first kappa shape index (κ1) is 13.4. The summed E-state index contributed by atoms with van der Waals surface area (Å²) in [6.45, 7) is 4.54. The van der Waals surface area contributed by atoms with Crippen molar-refractivity contribution in [2.24, 2.45) is 0 Å². The van der Waals surface area contributed by atoms with Gasteiger partial charge in [0.25, 0.3) is 0 Å². The van der Waals surface area contributed by atoms with Crippen LogP contribution in [0.2, 0.25) is 0 Å². The highest BCUT2D eigenvalue weighted by atomic mass is 16.2. The molecule has 0 bridgehead atoms. The molecule has 3 amide bonds. The third kappa shape index (κ3) is 3.47. The molecule has 1 aliphatic heterocycles. The summed E-state index contributed by atoms with van der Waals surface area (Å²) >= 11 is 0. The minimum atomic E-state index is -0.269. The monoisotopic (exact) mass is 261 g/mol. The third-order valence-electron chi connectivity index (χ3n) is 3.15. The number of likely N-dealkylation sites (tertiary alicyclic amines) is 1. The molecule has 1 saturated heterocycles. The lowest BCUT2D eigenvalue weighted by Crippen LogP contribution is -2.40. The van der Waals surface area contributed by atoms with Gasteiger partial charge in [-0.2, -0.15) is 0 Å². The predicted molar refractivity (Wildman–Crippen MR) is 73.9 cm³/mol. The molecule has 1 fully saturated rings. The zero-order valence-corrected chi connectivity index (χ0v) is 11.2. The summed E-state index contributed by atoms with van der Waals surface area (Å²) in [5, 5.41) is 5.58. The summed E-state index contributed by atoms with van der Waals surface area (Å²) in [6.07, 6.45) is 0.375. The fraction of sp³-hybridized carbons (Fsp3) is 0.429. The maximum Gasteiger partial charge on any atom is 0.319 e. The minimum Gasteiger partial charge on any atom is -0.338 e. The molecule has 1 heterocycles. The lowest BCUT2D eigenvalue weighted by atomic mass is 10.2. The van der Waals surface area contributed by atoms with Crippen molar-refractivity contribution in [3.05, 3.63) is 30.3 Å². The summed E-state index contributed by atoms with van der Waals surface area (Å²) in [6, 6.07) is 9.04. The molecule has 1 atom stereocenters. The summed E-state index contributed by atoms with van der Waals surface area (Å²) < 4.78 is 0. The Morgan fingerprint density at radius 2 is 2.00 bits per heavy atom. The van der Waals surface area contributed by atoms with Gasteiger partial charge in [-0.1, -0.05) is 18.2 Å². The van der Waals surface area contributed by atoms with Crippen LogP contribution >= 0.6 is 0 Å². The van der Waals surface area contributed by atoms with Crippen molar-refractivity contribution < 1.29 is 9.59 Å². The normalized spacial score (nSPS) is 18.8. The Hall–Kier alpha value is -2.04. The quantitative estimate of drug-likeness (QED) is 0.871. The molecule has 1 aliphatic rings. The van der Waals surface area contributed by atoms with Gasteiger partial charge in [0.15, 0.2) is 0 Å². The van der Waals surface area contributed by atoms with E-state index in [-0.39, 0.29) is 24.0 Å². The van der Waals surface area contributed by atoms with Crippen LogP contribution in [0.5, 0.6) is 0 Å². The van der Waals surface area contributed by atoms with E-state index < -0.39 is 0 Å². The van der Waals surface area contributed by atoms with Crippen LogP contribution in [-0.4, -0.2) is 35.5 Å². The molecule has 19 heavy (non-hydrogen) atoms. The Bertz CT molecular complexity index is 459. The molecule has 2 N–H and O–H groups in total. The number of benzene rings is 1. The topological polar surface area (TPSA) is 61.4 Å². The van der Waals surface area contributed by atoms with E-state index in [1.54, 1.807) is 4.90 Å². The highest BCUT2D eigenvalue weighted by molar-refractivity contribution is 5.90. The number of rotatable bonds is 3. The Morgan fingerprint density at radius 1 is 1.32 bits per heavy atom. The van der Waals surface area contributed by atoms with Gasteiger partial charge in [0.1, 0.15) is 0 Å². The molecule has 5 nitrogen and oxygen atoms in total. The summed E-state index contributed by atoms with van der Waals surface area (Å²) in [7, 11) is 0. The SMILES string of the molecule is CC(C)N1CC(NC(=O)Nc2ccccc2)CC1=O. The van der Waals surface area contributed by atoms with Crippen LogP contribution in [0.15, 0.2) is 30.3 Å². The summed E-state index contributed by atoms with van der Waals surface area (Å²) in [5.41, 5.74) is 0.741. The smallest absolute Gasteiger partial charge is 0.319 e. The van der Waals surface area contributed by atoms with Crippen molar-refractivity contribution in [3.8, 4) is 0 Å². The fourth-order valence-electron chi connectivity index (χ4n) is 2.20. The van der Waals surface area contributed by atoms with Gasteiger partial charge < -0.3 is 15.5 Å². The van der Waals surface area contributed by atoms with Gasteiger partial charge in [-0.3, -0.25) is 4.79 Å². The summed E-state index contributed by atoms with van der Waals surface area (Å²) in [5.74, 6) is 0.0972. The number of nitrogens with one attached hydrogen (secondary N) is 2. The van der Waals surface area contributed by atoms with Gasteiger partial charge >= 0.3 is 6.03 Å². The van der Waals surface area contributed by atoms with Crippen LogP contribution < -0.4 is 10.6 Å². The Balaban J connectivity index is 1.86. The molecule has 1 aromatic carbocycles. The molecular formula is C14H19N3O2. The van der Waals surface area contributed by atoms with Crippen LogP contribution in [0, 0.1) is 0 Å². The molecular weight excluding hydrogens is 242 g/mol. The molecule has 2 rings (SSSR count). The van der Waals surface area contributed by atoms with E-state index in [4.69, 9.17) is 0 Å².